The van der Waals surface area contributed by atoms with Crippen LogP contribution in [-0.4, -0.2) is 17.2 Å². The molecule has 0 fully saturated rings. The molecule has 0 amide bonds. The third-order valence-electron chi connectivity index (χ3n) is 1.29. The van der Waals surface area contributed by atoms with E-state index in [1.54, 1.807) is 17.6 Å². The summed E-state index contributed by atoms with van der Waals surface area (Å²) in [4.78, 5) is 5.20. The highest BCUT2D eigenvalue weighted by Gasteiger charge is 2.00. The summed E-state index contributed by atoms with van der Waals surface area (Å²) >= 11 is 1.55. The first kappa shape index (κ1) is 9.66. The van der Waals surface area contributed by atoms with E-state index >= 15 is 0 Å². The van der Waals surface area contributed by atoms with E-state index in [9.17, 15) is 0 Å². The number of thiazole rings is 1. The molecule has 1 aromatic rings. The van der Waals surface area contributed by atoms with E-state index in [0.717, 1.165) is 15.6 Å². The number of aromatic nitrogens is 1. The molecule has 0 aliphatic carbocycles. The summed E-state index contributed by atoms with van der Waals surface area (Å²) in [5.41, 5.74) is 11.1. The summed E-state index contributed by atoms with van der Waals surface area (Å²) in [6, 6.07) is 0. The van der Waals surface area contributed by atoms with Crippen molar-refractivity contribution in [3.8, 4) is 0 Å². The average Bonchev–Trinajstić information content (AvgIpc) is 2.29. The van der Waals surface area contributed by atoms with Crippen LogP contribution in [0.25, 0.3) is 0 Å². The fourth-order valence-corrected chi connectivity index (χ4v) is 1.61. The van der Waals surface area contributed by atoms with Gasteiger partial charge in [0.05, 0.1) is 21.8 Å². The second-order valence-electron chi connectivity index (χ2n) is 2.45. The van der Waals surface area contributed by atoms with Crippen molar-refractivity contribution < 1.29 is 0 Å². The van der Waals surface area contributed by atoms with Gasteiger partial charge in [-0.15, -0.1) is 16.4 Å². The zero-order chi connectivity index (χ0) is 9.84. The van der Waals surface area contributed by atoms with Gasteiger partial charge in [-0.25, -0.2) is 4.98 Å². The molecule has 1 heterocycles. The molecule has 13 heavy (non-hydrogen) atoms. The molecular weight excluding hydrogens is 186 g/mol. The monoisotopic (exact) mass is 197 g/mol. The predicted octanol–water partition coefficient (Wildman–Crippen LogP) is 0.367. The van der Waals surface area contributed by atoms with Gasteiger partial charge >= 0.3 is 0 Å². The molecule has 0 aliphatic rings. The second kappa shape index (κ2) is 3.99. The van der Waals surface area contributed by atoms with Crippen molar-refractivity contribution in [2.24, 2.45) is 21.7 Å². The van der Waals surface area contributed by atoms with Gasteiger partial charge < -0.3 is 11.5 Å². The Morgan fingerprint density at radius 3 is 2.62 bits per heavy atom. The van der Waals surface area contributed by atoms with E-state index in [1.165, 1.54) is 0 Å². The molecule has 0 unspecified atom stereocenters. The molecule has 5 nitrogen and oxygen atoms in total. The van der Waals surface area contributed by atoms with Crippen LogP contribution in [0.4, 0.5) is 0 Å². The number of hydrogen-bond donors (Lipinski definition) is 2. The topological polar surface area (TPSA) is 89.6 Å². The lowest BCUT2D eigenvalue weighted by molar-refractivity contribution is 1.19. The summed E-state index contributed by atoms with van der Waals surface area (Å²) in [7, 11) is 0. The molecule has 1 aromatic heterocycles. The maximum Gasteiger partial charge on any atom is 0.211 e. The normalized spacial score (nSPS) is 10.6. The van der Waals surface area contributed by atoms with Crippen LogP contribution in [0.15, 0.2) is 10.2 Å². The number of nitrogens with zero attached hydrogens (tertiary/aromatic N) is 3. The zero-order valence-electron chi connectivity index (χ0n) is 7.48. The molecule has 0 saturated heterocycles. The Hall–Kier alpha value is -1.43. The first-order chi connectivity index (χ1) is 6.09. The van der Waals surface area contributed by atoms with E-state index in [2.05, 4.69) is 15.2 Å². The second-order valence-corrected chi connectivity index (χ2v) is 3.69. The van der Waals surface area contributed by atoms with Crippen molar-refractivity contribution in [1.29, 1.82) is 0 Å². The molecule has 70 valence electrons. The van der Waals surface area contributed by atoms with Crippen LogP contribution in [0, 0.1) is 13.8 Å². The Labute approximate surface area is 80.2 Å². The van der Waals surface area contributed by atoms with Crippen molar-refractivity contribution in [2.45, 2.75) is 13.8 Å². The Balaban J connectivity index is 2.80. The third kappa shape index (κ3) is 2.83. The number of aryl methyl sites for hydroxylation is 2. The van der Waals surface area contributed by atoms with E-state index in [1.807, 2.05) is 13.8 Å². The van der Waals surface area contributed by atoms with Crippen LogP contribution >= 0.6 is 11.3 Å². The highest BCUT2D eigenvalue weighted by atomic mass is 32.1. The summed E-state index contributed by atoms with van der Waals surface area (Å²) < 4.78 is 0. The van der Waals surface area contributed by atoms with Crippen LogP contribution < -0.4 is 11.5 Å². The van der Waals surface area contributed by atoms with Gasteiger partial charge in [-0.2, -0.15) is 5.10 Å². The van der Waals surface area contributed by atoms with E-state index in [-0.39, 0.29) is 5.96 Å². The van der Waals surface area contributed by atoms with Crippen LogP contribution in [0.5, 0.6) is 0 Å². The molecule has 0 spiro atoms. The van der Waals surface area contributed by atoms with Gasteiger partial charge in [0.1, 0.15) is 0 Å². The summed E-state index contributed by atoms with van der Waals surface area (Å²) in [6.45, 7) is 3.86. The standard InChI is InChI=1S/C7H11N5S/c1-4-6(13-5(2)11-4)3-10-12-7(8)9/h3H,1-2H3,(H4,8,9,12). The Morgan fingerprint density at radius 2 is 2.15 bits per heavy atom. The maximum absolute atomic E-state index is 5.10. The van der Waals surface area contributed by atoms with Crippen molar-refractivity contribution in [3.05, 3.63) is 15.6 Å². The van der Waals surface area contributed by atoms with E-state index in [0.29, 0.717) is 0 Å². The lowest BCUT2D eigenvalue weighted by Crippen LogP contribution is -2.21. The minimum absolute atomic E-state index is 0.0462. The molecule has 1 rings (SSSR count). The van der Waals surface area contributed by atoms with Gasteiger partial charge in [0.25, 0.3) is 0 Å². The van der Waals surface area contributed by atoms with Crippen LogP contribution in [0.2, 0.25) is 0 Å². The first-order valence-electron chi connectivity index (χ1n) is 3.65. The fraction of sp³-hybridized carbons (Fsp3) is 0.286. The Bertz CT molecular complexity index is 348. The van der Waals surface area contributed by atoms with Crippen molar-refractivity contribution in [3.63, 3.8) is 0 Å². The molecule has 0 radical (unpaired) electrons. The molecule has 6 heteroatoms. The highest BCUT2D eigenvalue weighted by molar-refractivity contribution is 7.13. The lowest BCUT2D eigenvalue weighted by Gasteiger charge is -1.85. The van der Waals surface area contributed by atoms with Crippen molar-refractivity contribution in [1.82, 2.24) is 4.98 Å². The molecule has 0 aliphatic heterocycles. The van der Waals surface area contributed by atoms with Crippen molar-refractivity contribution in [2.75, 3.05) is 0 Å². The zero-order valence-corrected chi connectivity index (χ0v) is 8.30. The summed E-state index contributed by atoms with van der Waals surface area (Å²) in [5.74, 6) is -0.0462. The Kier molecular flexibility index (Phi) is 2.97. The van der Waals surface area contributed by atoms with Crippen LogP contribution in [-0.2, 0) is 0 Å². The first-order valence-corrected chi connectivity index (χ1v) is 4.47. The summed E-state index contributed by atoms with van der Waals surface area (Å²) in [5, 5.41) is 8.19. The number of nitrogens with two attached hydrogens (primary N) is 2. The SMILES string of the molecule is Cc1nc(C)c(C=NN=C(N)N)s1. The van der Waals surface area contributed by atoms with Gasteiger partial charge in [0.2, 0.25) is 5.96 Å². The third-order valence-corrected chi connectivity index (χ3v) is 2.30. The molecular formula is C7H11N5S. The fourth-order valence-electron chi connectivity index (χ4n) is 0.815. The van der Waals surface area contributed by atoms with E-state index < -0.39 is 0 Å². The van der Waals surface area contributed by atoms with Gasteiger partial charge in [-0.05, 0) is 13.8 Å². The molecule has 4 N–H and O–H groups in total. The average molecular weight is 197 g/mol. The maximum atomic E-state index is 5.10. The minimum atomic E-state index is -0.0462. The molecule has 0 bridgehead atoms. The highest BCUT2D eigenvalue weighted by Crippen LogP contribution is 2.14. The number of guanidine groups is 1. The summed E-state index contributed by atoms with van der Waals surface area (Å²) in [6.07, 6.45) is 1.60. The predicted molar refractivity (Wildman–Crippen MR) is 55.0 cm³/mol. The Morgan fingerprint density at radius 1 is 1.46 bits per heavy atom. The number of rotatable bonds is 2. The lowest BCUT2D eigenvalue weighted by atomic mass is 10.4. The molecule has 0 aromatic carbocycles. The van der Waals surface area contributed by atoms with Crippen LogP contribution in [0.3, 0.4) is 0 Å². The van der Waals surface area contributed by atoms with Gasteiger partial charge in [-0.3, -0.25) is 0 Å². The minimum Gasteiger partial charge on any atom is -0.369 e. The molecule has 0 atom stereocenters. The van der Waals surface area contributed by atoms with Crippen molar-refractivity contribution >= 4 is 23.5 Å². The number of hydrogen-bond acceptors (Lipinski definition) is 4. The molecule has 0 saturated carbocycles. The van der Waals surface area contributed by atoms with E-state index in [4.69, 9.17) is 11.5 Å². The van der Waals surface area contributed by atoms with Gasteiger partial charge in [-0.1, -0.05) is 0 Å². The van der Waals surface area contributed by atoms with Gasteiger partial charge in [0, 0.05) is 0 Å². The van der Waals surface area contributed by atoms with Gasteiger partial charge in [0.15, 0.2) is 0 Å². The smallest absolute Gasteiger partial charge is 0.211 e. The quantitative estimate of drug-likeness (QED) is 0.407. The largest absolute Gasteiger partial charge is 0.369 e. The van der Waals surface area contributed by atoms with Crippen LogP contribution in [0.1, 0.15) is 15.6 Å².